The van der Waals surface area contributed by atoms with Gasteiger partial charge in [0, 0.05) is 0 Å². The lowest BCUT2D eigenvalue weighted by molar-refractivity contribution is 0.503. The molecule has 0 amide bonds. The molecule has 11 heavy (non-hydrogen) atoms. The van der Waals surface area contributed by atoms with Crippen LogP contribution >= 0.6 is 0 Å². The van der Waals surface area contributed by atoms with Crippen molar-refractivity contribution in [2.24, 2.45) is 0 Å². The first-order chi connectivity index (χ1) is 5.22. The molecule has 0 saturated heterocycles. The van der Waals surface area contributed by atoms with Crippen molar-refractivity contribution in [3.05, 3.63) is 35.4 Å². The fourth-order valence-electron chi connectivity index (χ4n) is 0.612. The number of aryl methyl sites for hydroxylation is 1. The Hall–Kier alpha value is -0.920. The first kappa shape index (κ1) is 10.1. The van der Waals surface area contributed by atoms with E-state index in [0.717, 1.165) is 6.07 Å². The summed E-state index contributed by atoms with van der Waals surface area (Å²) in [6.07, 6.45) is 0. The van der Waals surface area contributed by atoms with E-state index in [1.54, 1.807) is 0 Å². The van der Waals surface area contributed by atoms with E-state index in [1.807, 2.05) is 13.8 Å². The Bertz CT molecular complexity index is 199. The molecule has 0 aliphatic heterocycles. The second-order valence-corrected chi connectivity index (χ2v) is 1.87. The summed E-state index contributed by atoms with van der Waals surface area (Å²) < 4.78 is 24.6. The van der Waals surface area contributed by atoms with Gasteiger partial charge in [0.15, 0.2) is 11.6 Å². The van der Waals surface area contributed by atoms with Gasteiger partial charge in [-0.05, 0) is 18.6 Å². The smallest absolute Gasteiger partial charge is 0.161 e. The Morgan fingerprint density at radius 1 is 1.09 bits per heavy atom. The minimum absolute atomic E-state index is 0.343. The predicted molar refractivity (Wildman–Crippen MR) is 42.4 cm³/mol. The van der Waals surface area contributed by atoms with Crippen LogP contribution in [0.5, 0.6) is 0 Å². The maximum Gasteiger partial charge on any atom is 0.161 e. The van der Waals surface area contributed by atoms with Crippen LogP contribution in [-0.2, 0) is 0 Å². The number of benzene rings is 1. The Kier molecular flexibility index (Phi) is 4.42. The first-order valence-electron chi connectivity index (χ1n) is 3.62. The maximum atomic E-state index is 12.4. The van der Waals surface area contributed by atoms with Crippen LogP contribution in [0.2, 0.25) is 0 Å². The first-order valence-corrected chi connectivity index (χ1v) is 3.62. The van der Waals surface area contributed by atoms with E-state index in [9.17, 15) is 8.78 Å². The molecule has 0 radical (unpaired) electrons. The van der Waals surface area contributed by atoms with Gasteiger partial charge in [-0.15, -0.1) is 0 Å². The second-order valence-electron chi connectivity index (χ2n) is 1.87. The van der Waals surface area contributed by atoms with Crippen LogP contribution in [0.15, 0.2) is 18.2 Å². The van der Waals surface area contributed by atoms with E-state index in [-0.39, 0.29) is 0 Å². The molecule has 0 atom stereocenters. The van der Waals surface area contributed by atoms with Crippen molar-refractivity contribution >= 4 is 0 Å². The average Bonchev–Trinajstić information content (AvgIpc) is 2.04. The molecule has 0 nitrogen and oxygen atoms in total. The molecule has 0 heterocycles. The minimum atomic E-state index is -0.782. The molecule has 1 rings (SSSR count). The molecule has 0 unspecified atom stereocenters. The highest BCUT2D eigenvalue weighted by molar-refractivity contribution is 5.16. The third-order valence-electron chi connectivity index (χ3n) is 1.14. The molecular formula is C9H12F2. The number of hydrogen-bond donors (Lipinski definition) is 0. The zero-order chi connectivity index (χ0) is 8.85. The van der Waals surface area contributed by atoms with Gasteiger partial charge < -0.3 is 0 Å². The summed E-state index contributed by atoms with van der Waals surface area (Å²) in [7, 11) is 0. The van der Waals surface area contributed by atoms with Crippen LogP contribution in [0.4, 0.5) is 8.78 Å². The van der Waals surface area contributed by atoms with Gasteiger partial charge in [0.25, 0.3) is 0 Å². The van der Waals surface area contributed by atoms with Crippen LogP contribution < -0.4 is 0 Å². The van der Waals surface area contributed by atoms with E-state index in [4.69, 9.17) is 0 Å². The number of halogens is 2. The zero-order valence-electron chi connectivity index (χ0n) is 6.99. The van der Waals surface area contributed by atoms with Gasteiger partial charge >= 0.3 is 0 Å². The molecule has 0 aromatic heterocycles. The molecule has 0 fully saturated rings. The molecule has 2 heteroatoms. The number of hydrogen-bond acceptors (Lipinski definition) is 0. The van der Waals surface area contributed by atoms with Crippen molar-refractivity contribution in [1.29, 1.82) is 0 Å². The van der Waals surface area contributed by atoms with E-state index < -0.39 is 11.6 Å². The van der Waals surface area contributed by atoms with Gasteiger partial charge in [-0.25, -0.2) is 8.78 Å². The Labute approximate surface area is 65.9 Å². The molecule has 1 aromatic rings. The number of rotatable bonds is 0. The molecular weight excluding hydrogens is 146 g/mol. The van der Waals surface area contributed by atoms with Crippen LogP contribution in [0, 0.1) is 18.6 Å². The standard InChI is InChI=1S/C7H6F2.C2H6/c1-5-3-2-4-6(8)7(5)9;1-2/h2-4H,1H3;1-2H3. The van der Waals surface area contributed by atoms with E-state index in [2.05, 4.69) is 0 Å². The van der Waals surface area contributed by atoms with Crippen molar-refractivity contribution in [2.45, 2.75) is 20.8 Å². The minimum Gasteiger partial charge on any atom is -0.204 e. The second kappa shape index (κ2) is 4.83. The lowest BCUT2D eigenvalue weighted by atomic mass is 10.2. The molecule has 0 aliphatic carbocycles. The van der Waals surface area contributed by atoms with Gasteiger partial charge in [0.05, 0.1) is 0 Å². The third kappa shape index (κ3) is 2.66. The quantitative estimate of drug-likeness (QED) is 0.543. The highest BCUT2D eigenvalue weighted by Gasteiger charge is 2.00. The summed E-state index contributed by atoms with van der Waals surface area (Å²) in [5.74, 6) is -1.53. The fraction of sp³-hybridized carbons (Fsp3) is 0.333. The highest BCUT2D eigenvalue weighted by atomic mass is 19.2. The summed E-state index contributed by atoms with van der Waals surface area (Å²) in [4.78, 5) is 0. The van der Waals surface area contributed by atoms with Crippen molar-refractivity contribution in [2.75, 3.05) is 0 Å². The molecule has 0 saturated carbocycles. The van der Waals surface area contributed by atoms with Crippen molar-refractivity contribution < 1.29 is 8.78 Å². The van der Waals surface area contributed by atoms with Gasteiger partial charge in [0.1, 0.15) is 0 Å². The van der Waals surface area contributed by atoms with Gasteiger partial charge in [-0.2, -0.15) is 0 Å². The molecule has 62 valence electrons. The van der Waals surface area contributed by atoms with Gasteiger partial charge in [-0.1, -0.05) is 26.0 Å². The lowest BCUT2D eigenvalue weighted by Crippen LogP contribution is -1.85. The van der Waals surface area contributed by atoms with E-state index in [1.165, 1.54) is 19.1 Å². The monoisotopic (exact) mass is 158 g/mol. The SMILES string of the molecule is CC.Cc1cccc(F)c1F. The largest absolute Gasteiger partial charge is 0.204 e. The van der Waals surface area contributed by atoms with Gasteiger partial charge in [0.2, 0.25) is 0 Å². The van der Waals surface area contributed by atoms with Gasteiger partial charge in [-0.3, -0.25) is 0 Å². The summed E-state index contributed by atoms with van der Waals surface area (Å²) in [6.45, 7) is 5.53. The predicted octanol–water partition coefficient (Wildman–Crippen LogP) is 3.30. The molecule has 0 spiro atoms. The zero-order valence-corrected chi connectivity index (χ0v) is 6.99. The normalized spacial score (nSPS) is 8.45. The van der Waals surface area contributed by atoms with Crippen LogP contribution in [0.25, 0.3) is 0 Å². The third-order valence-corrected chi connectivity index (χ3v) is 1.14. The Morgan fingerprint density at radius 3 is 2.00 bits per heavy atom. The molecule has 0 aliphatic rings. The molecule has 0 bridgehead atoms. The highest BCUT2D eigenvalue weighted by Crippen LogP contribution is 2.08. The summed E-state index contributed by atoms with van der Waals surface area (Å²) in [5.41, 5.74) is 0.343. The van der Waals surface area contributed by atoms with Crippen molar-refractivity contribution in [3.8, 4) is 0 Å². The fourth-order valence-corrected chi connectivity index (χ4v) is 0.612. The summed E-state index contributed by atoms with van der Waals surface area (Å²) >= 11 is 0. The molecule has 0 N–H and O–H groups in total. The average molecular weight is 158 g/mol. The van der Waals surface area contributed by atoms with E-state index in [0.29, 0.717) is 5.56 Å². The topological polar surface area (TPSA) is 0 Å². The summed E-state index contributed by atoms with van der Waals surface area (Å²) in [5, 5.41) is 0. The maximum absolute atomic E-state index is 12.4. The Balaban J connectivity index is 0.000000461. The summed E-state index contributed by atoms with van der Waals surface area (Å²) in [6, 6.07) is 4.11. The van der Waals surface area contributed by atoms with E-state index >= 15 is 0 Å². The van der Waals surface area contributed by atoms with Crippen LogP contribution in [-0.4, -0.2) is 0 Å². The van der Waals surface area contributed by atoms with Crippen molar-refractivity contribution in [1.82, 2.24) is 0 Å². The Morgan fingerprint density at radius 2 is 1.64 bits per heavy atom. The van der Waals surface area contributed by atoms with Crippen LogP contribution in [0.1, 0.15) is 19.4 Å². The van der Waals surface area contributed by atoms with Crippen LogP contribution in [0.3, 0.4) is 0 Å². The molecule has 1 aromatic carbocycles. The lowest BCUT2D eigenvalue weighted by Gasteiger charge is -1.93. The van der Waals surface area contributed by atoms with Crippen molar-refractivity contribution in [3.63, 3.8) is 0 Å².